The zero-order chi connectivity index (χ0) is 12.8. The molecule has 1 aromatic carbocycles. The van der Waals surface area contributed by atoms with Crippen molar-refractivity contribution in [1.29, 1.82) is 0 Å². The average Bonchev–Trinajstić information content (AvgIpc) is 2.29. The number of ether oxygens (including phenoxy) is 1. The Balaban J connectivity index is 2.90. The van der Waals surface area contributed by atoms with E-state index in [0.29, 0.717) is 22.2 Å². The number of halogens is 1. The molecule has 0 radical (unpaired) electrons. The maximum atomic E-state index is 6.13. The van der Waals surface area contributed by atoms with Crippen LogP contribution in [0.2, 0.25) is 5.02 Å². The summed E-state index contributed by atoms with van der Waals surface area (Å²) >= 11 is 11.1. The molecule has 0 aliphatic rings. The van der Waals surface area contributed by atoms with Gasteiger partial charge in [-0.2, -0.15) is 0 Å². The van der Waals surface area contributed by atoms with Crippen LogP contribution in [-0.4, -0.2) is 31.8 Å². The van der Waals surface area contributed by atoms with Gasteiger partial charge in [0.2, 0.25) is 0 Å². The average molecular weight is 273 g/mol. The number of nitrogens with two attached hydrogens (primary N) is 1. The lowest BCUT2D eigenvalue weighted by Gasteiger charge is -2.23. The van der Waals surface area contributed by atoms with Gasteiger partial charge in [0.05, 0.1) is 11.6 Å². The number of nitrogens with zero attached hydrogens (tertiary/aromatic N) is 1. The van der Waals surface area contributed by atoms with E-state index >= 15 is 0 Å². The van der Waals surface area contributed by atoms with Crippen molar-refractivity contribution in [2.24, 2.45) is 5.73 Å². The maximum Gasteiger partial charge on any atom is 0.105 e. The SMILES string of the molecule is CCN(CCOC)c1ccc(C(N)=S)c(Cl)c1. The van der Waals surface area contributed by atoms with Crippen LogP contribution < -0.4 is 10.6 Å². The monoisotopic (exact) mass is 272 g/mol. The van der Waals surface area contributed by atoms with Crippen LogP contribution in [0.3, 0.4) is 0 Å². The van der Waals surface area contributed by atoms with Crippen molar-refractivity contribution < 1.29 is 4.74 Å². The standard InChI is InChI=1S/C12H17ClN2OS/c1-3-15(6-7-16-2)9-4-5-10(12(14)17)11(13)8-9/h4-5,8H,3,6-7H2,1-2H3,(H2,14,17). The number of rotatable bonds is 6. The fraction of sp³-hybridized carbons (Fsp3) is 0.417. The summed E-state index contributed by atoms with van der Waals surface area (Å²) in [7, 11) is 1.69. The van der Waals surface area contributed by atoms with Gasteiger partial charge < -0.3 is 15.4 Å². The predicted octanol–water partition coefficient (Wildman–Crippen LogP) is 2.45. The molecule has 0 aromatic heterocycles. The third-order valence-corrected chi connectivity index (χ3v) is 3.06. The van der Waals surface area contributed by atoms with Crippen LogP contribution in [0.25, 0.3) is 0 Å². The molecule has 3 nitrogen and oxygen atoms in total. The maximum absolute atomic E-state index is 6.13. The normalized spacial score (nSPS) is 10.3. The van der Waals surface area contributed by atoms with E-state index in [1.807, 2.05) is 18.2 Å². The van der Waals surface area contributed by atoms with E-state index < -0.39 is 0 Å². The van der Waals surface area contributed by atoms with Gasteiger partial charge in [0.1, 0.15) is 4.99 Å². The van der Waals surface area contributed by atoms with Gasteiger partial charge in [0.15, 0.2) is 0 Å². The van der Waals surface area contributed by atoms with Crippen molar-refractivity contribution >= 4 is 34.5 Å². The molecule has 17 heavy (non-hydrogen) atoms. The molecule has 0 aliphatic carbocycles. The number of hydrogen-bond donors (Lipinski definition) is 1. The lowest BCUT2D eigenvalue weighted by atomic mass is 10.2. The zero-order valence-electron chi connectivity index (χ0n) is 10.1. The first-order chi connectivity index (χ1) is 8.10. The Hall–Kier alpha value is -0.840. The largest absolute Gasteiger partial charge is 0.389 e. The Morgan fingerprint density at radius 2 is 2.24 bits per heavy atom. The quantitative estimate of drug-likeness (QED) is 0.808. The summed E-state index contributed by atoms with van der Waals surface area (Å²) in [5.41, 5.74) is 7.33. The minimum atomic E-state index is 0.321. The fourth-order valence-electron chi connectivity index (χ4n) is 1.57. The molecule has 0 atom stereocenters. The molecule has 0 bridgehead atoms. The summed E-state index contributed by atoms with van der Waals surface area (Å²) in [5.74, 6) is 0. The predicted molar refractivity (Wildman–Crippen MR) is 77.1 cm³/mol. The van der Waals surface area contributed by atoms with E-state index in [-0.39, 0.29) is 0 Å². The molecule has 0 saturated carbocycles. The molecule has 0 fully saturated rings. The molecule has 1 rings (SSSR count). The highest BCUT2D eigenvalue weighted by Gasteiger charge is 2.08. The summed E-state index contributed by atoms with van der Waals surface area (Å²) in [4.78, 5) is 2.50. The van der Waals surface area contributed by atoms with Crippen molar-refractivity contribution in [1.82, 2.24) is 0 Å². The third kappa shape index (κ3) is 3.84. The minimum Gasteiger partial charge on any atom is -0.389 e. The van der Waals surface area contributed by atoms with E-state index in [9.17, 15) is 0 Å². The molecule has 0 unspecified atom stereocenters. The van der Waals surface area contributed by atoms with Crippen molar-refractivity contribution in [3.05, 3.63) is 28.8 Å². The van der Waals surface area contributed by atoms with Crippen LogP contribution in [-0.2, 0) is 4.74 Å². The van der Waals surface area contributed by atoms with E-state index in [2.05, 4.69) is 11.8 Å². The molecule has 1 aromatic rings. The van der Waals surface area contributed by atoms with Crippen LogP contribution in [0, 0.1) is 0 Å². The van der Waals surface area contributed by atoms with Gasteiger partial charge in [0.25, 0.3) is 0 Å². The van der Waals surface area contributed by atoms with Crippen molar-refractivity contribution in [3.8, 4) is 0 Å². The molecule has 0 spiro atoms. The lowest BCUT2D eigenvalue weighted by Crippen LogP contribution is -2.26. The van der Waals surface area contributed by atoms with Gasteiger partial charge in [-0.05, 0) is 25.1 Å². The second-order valence-corrected chi connectivity index (χ2v) is 4.45. The zero-order valence-corrected chi connectivity index (χ0v) is 11.6. The molecule has 0 aliphatic heterocycles. The number of methoxy groups -OCH3 is 1. The highest BCUT2D eigenvalue weighted by Crippen LogP contribution is 2.23. The van der Waals surface area contributed by atoms with Crippen molar-refractivity contribution in [3.63, 3.8) is 0 Å². The first kappa shape index (κ1) is 14.2. The van der Waals surface area contributed by atoms with Crippen molar-refractivity contribution in [2.45, 2.75) is 6.92 Å². The van der Waals surface area contributed by atoms with Crippen LogP contribution in [0.4, 0.5) is 5.69 Å². The molecule has 0 heterocycles. The first-order valence-corrected chi connectivity index (χ1v) is 6.22. The molecule has 2 N–H and O–H groups in total. The highest BCUT2D eigenvalue weighted by molar-refractivity contribution is 7.80. The van der Waals surface area contributed by atoms with Crippen LogP contribution in [0.1, 0.15) is 12.5 Å². The van der Waals surface area contributed by atoms with Gasteiger partial charge in [-0.15, -0.1) is 0 Å². The smallest absolute Gasteiger partial charge is 0.105 e. The number of thiocarbonyl (C=S) groups is 1. The Morgan fingerprint density at radius 1 is 1.53 bits per heavy atom. The van der Waals surface area contributed by atoms with Gasteiger partial charge in [-0.25, -0.2) is 0 Å². The van der Waals surface area contributed by atoms with Crippen LogP contribution >= 0.6 is 23.8 Å². The molecule has 94 valence electrons. The van der Waals surface area contributed by atoms with Gasteiger partial charge >= 0.3 is 0 Å². The fourth-order valence-corrected chi connectivity index (χ4v) is 2.08. The Bertz CT molecular complexity index is 398. The molecular formula is C12H17ClN2OS. The van der Waals surface area contributed by atoms with Crippen LogP contribution in [0.5, 0.6) is 0 Å². The second kappa shape index (κ2) is 6.79. The number of benzene rings is 1. The molecule has 5 heteroatoms. The minimum absolute atomic E-state index is 0.321. The molecule has 0 saturated heterocycles. The van der Waals surface area contributed by atoms with Crippen molar-refractivity contribution in [2.75, 3.05) is 31.7 Å². The lowest BCUT2D eigenvalue weighted by molar-refractivity contribution is 0.205. The first-order valence-electron chi connectivity index (χ1n) is 5.43. The Kier molecular flexibility index (Phi) is 5.68. The Labute approximate surface area is 112 Å². The molecule has 0 amide bonds. The van der Waals surface area contributed by atoms with Crippen LogP contribution in [0.15, 0.2) is 18.2 Å². The number of hydrogen-bond acceptors (Lipinski definition) is 3. The van der Waals surface area contributed by atoms with E-state index in [1.165, 1.54) is 0 Å². The summed E-state index contributed by atoms with van der Waals surface area (Å²) in [6.45, 7) is 4.50. The third-order valence-electron chi connectivity index (χ3n) is 2.53. The van der Waals surface area contributed by atoms with Gasteiger partial charge in [-0.3, -0.25) is 0 Å². The topological polar surface area (TPSA) is 38.5 Å². The Morgan fingerprint density at radius 3 is 2.71 bits per heavy atom. The summed E-state index contributed by atoms with van der Waals surface area (Å²) in [5, 5.41) is 0.589. The molecular weight excluding hydrogens is 256 g/mol. The van der Waals surface area contributed by atoms with E-state index in [0.717, 1.165) is 18.8 Å². The number of likely N-dealkylation sites (N-methyl/N-ethyl adjacent to an activating group) is 1. The van der Waals surface area contributed by atoms with E-state index in [1.54, 1.807) is 7.11 Å². The van der Waals surface area contributed by atoms with Gasteiger partial charge in [-0.1, -0.05) is 23.8 Å². The second-order valence-electron chi connectivity index (χ2n) is 3.60. The van der Waals surface area contributed by atoms with Gasteiger partial charge in [0, 0.05) is 31.5 Å². The summed E-state index contributed by atoms with van der Waals surface area (Å²) in [6.07, 6.45) is 0. The summed E-state index contributed by atoms with van der Waals surface area (Å²) in [6, 6.07) is 5.71. The highest BCUT2D eigenvalue weighted by atomic mass is 35.5. The number of anilines is 1. The van der Waals surface area contributed by atoms with E-state index in [4.69, 9.17) is 34.3 Å². The summed E-state index contributed by atoms with van der Waals surface area (Å²) < 4.78 is 5.07.